The van der Waals surface area contributed by atoms with Crippen molar-refractivity contribution in [3.05, 3.63) is 53.6 Å². The molecule has 0 aromatic heterocycles. The first-order valence-electron chi connectivity index (χ1n) is 7.26. The quantitative estimate of drug-likeness (QED) is 0.889. The fraction of sp³-hybridized carbons (Fsp3) is 0.278. The zero-order valence-corrected chi connectivity index (χ0v) is 13.8. The SMILES string of the molecule is COc1ccc(C(C)NC(=O)c2c(OC)cccc2OC)cc1. The Morgan fingerprint density at radius 3 is 1.96 bits per heavy atom. The standard InChI is InChI=1S/C18H21NO4/c1-12(13-8-10-14(21-2)11-9-13)19-18(20)17-15(22-3)6-5-7-16(17)23-4/h5-12H,1-4H3,(H,19,20). The lowest BCUT2D eigenvalue weighted by Gasteiger charge is -2.17. The average Bonchev–Trinajstić information content (AvgIpc) is 2.60. The molecule has 0 aliphatic heterocycles. The molecule has 1 unspecified atom stereocenters. The number of carbonyl (C=O) groups excluding carboxylic acids is 1. The molecule has 0 fully saturated rings. The minimum absolute atomic E-state index is 0.164. The van der Waals surface area contributed by atoms with Gasteiger partial charge in [0, 0.05) is 0 Å². The van der Waals surface area contributed by atoms with Gasteiger partial charge < -0.3 is 19.5 Å². The van der Waals surface area contributed by atoms with Crippen LogP contribution in [0, 0.1) is 0 Å². The number of benzene rings is 2. The van der Waals surface area contributed by atoms with Crippen molar-refractivity contribution in [2.75, 3.05) is 21.3 Å². The summed E-state index contributed by atoms with van der Waals surface area (Å²) in [5.41, 5.74) is 1.37. The lowest BCUT2D eigenvalue weighted by Crippen LogP contribution is -2.27. The largest absolute Gasteiger partial charge is 0.497 e. The third-order valence-corrected chi connectivity index (χ3v) is 3.62. The van der Waals surface area contributed by atoms with Crippen LogP contribution in [0.3, 0.4) is 0 Å². The molecular weight excluding hydrogens is 294 g/mol. The molecule has 1 amide bonds. The summed E-state index contributed by atoms with van der Waals surface area (Å²) in [7, 11) is 4.67. The molecule has 0 spiro atoms. The number of methoxy groups -OCH3 is 3. The Morgan fingerprint density at radius 1 is 0.913 bits per heavy atom. The van der Waals surface area contributed by atoms with Gasteiger partial charge in [-0.1, -0.05) is 18.2 Å². The average molecular weight is 315 g/mol. The van der Waals surface area contributed by atoms with Gasteiger partial charge in [-0.05, 0) is 36.8 Å². The topological polar surface area (TPSA) is 56.8 Å². The Hall–Kier alpha value is -2.69. The normalized spacial score (nSPS) is 11.5. The lowest BCUT2D eigenvalue weighted by molar-refractivity contribution is 0.0933. The van der Waals surface area contributed by atoms with Gasteiger partial charge >= 0.3 is 0 Å². The number of rotatable bonds is 6. The van der Waals surface area contributed by atoms with Crippen LogP contribution in [0.15, 0.2) is 42.5 Å². The van der Waals surface area contributed by atoms with E-state index >= 15 is 0 Å². The number of hydrogen-bond donors (Lipinski definition) is 1. The van der Waals surface area contributed by atoms with Crippen molar-refractivity contribution in [3.8, 4) is 17.2 Å². The maximum atomic E-state index is 12.6. The second-order valence-electron chi connectivity index (χ2n) is 5.01. The molecule has 0 heterocycles. The fourth-order valence-electron chi connectivity index (χ4n) is 2.32. The van der Waals surface area contributed by atoms with Crippen molar-refractivity contribution >= 4 is 5.91 Å². The highest BCUT2D eigenvalue weighted by molar-refractivity contribution is 5.99. The van der Waals surface area contributed by atoms with E-state index in [0.29, 0.717) is 17.1 Å². The van der Waals surface area contributed by atoms with Gasteiger partial charge in [-0.3, -0.25) is 4.79 Å². The Kier molecular flexibility index (Phi) is 5.46. The molecular formula is C18H21NO4. The first-order chi connectivity index (χ1) is 11.1. The molecule has 2 rings (SSSR count). The van der Waals surface area contributed by atoms with Gasteiger partial charge in [-0.2, -0.15) is 0 Å². The summed E-state index contributed by atoms with van der Waals surface area (Å²) in [5.74, 6) is 1.48. The molecule has 1 N–H and O–H groups in total. The molecule has 5 nitrogen and oxygen atoms in total. The van der Waals surface area contributed by atoms with Gasteiger partial charge in [0.15, 0.2) is 0 Å². The van der Waals surface area contributed by atoms with Gasteiger partial charge in [0.25, 0.3) is 5.91 Å². The summed E-state index contributed by atoms with van der Waals surface area (Å²) in [6.45, 7) is 1.92. The summed E-state index contributed by atoms with van der Waals surface area (Å²) in [5, 5.41) is 2.96. The Morgan fingerprint density at radius 2 is 1.48 bits per heavy atom. The molecule has 0 radical (unpaired) electrons. The second kappa shape index (κ2) is 7.54. The number of nitrogens with one attached hydrogen (secondary N) is 1. The van der Waals surface area contributed by atoms with E-state index in [1.54, 1.807) is 25.3 Å². The molecule has 23 heavy (non-hydrogen) atoms. The predicted octanol–water partition coefficient (Wildman–Crippen LogP) is 3.20. The number of amides is 1. The van der Waals surface area contributed by atoms with Crippen LogP contribution in [0.4, 0.5) is 0 Å². The maximum absolute atomic E-state index is 12.6. The summed E-state index contributed by atoms with van der Waals surface area (Å²) in [4.78, 5) is 12.6. The zero-order valence-electron chi connectivity index (χ0n) is 13.8. The first-order valence-corrected chi connectivity index (χ1v) is 7.26. The first kappa shape index (κ1) is 16.7. The molecule has 122 valence electrons. The number of carbonyl (C=O) groups is 1. The van der Waals surface area contributed by atoms with Crippen LogP contribution >= 0.6 is 0 Å². The van der Waals surface area contributed by atoms with Crippen molar-refractivity contribution in [2.45, 2.75) is 13.0 Å². The zero-order chi connectivity index (χ0) is 16.8. The van der Waals surface area contributed by atoms with Gasteiger partial charge in [0.05, 0.1) is 27.4 Å². The minimum atomic E-state index is -0.248. The molecule has 0 aliphatic carbocycles. The van der Waals surface area contributed by atoms with Crippen molar-refractivity contribution in [1.82, 2.24) is 5.32 Å². The van der Waals surface area contributed by atoms with E-state index in [1.165, 1.54) is 14.2 Å². The molecule has 1 atom stereocenters. The molecule has 5 heteroatoms. The minimum Gasteiger partial charge on any atom is -0.497 e. The van der Waals surface area contributed by atoms with E-state index in [2.05, 4.69) is 5.32 Å². The van der Waals surface area contributed by atoms with Crippen molar-refractivity contribution < 1.29 is 19.0 Å². The van der Waals surface area contributed by atoms with Crippen molar-refractivity contribution in [1.29, 1.82) is 0 Å². The van der Waals surface area contributed by atoms with Crippen LogP contribution < -0.4 is 19.5 Å². The Balaban J connectivity index is 2.21. The molecule has 0 saturated carbocycles. The summed E-state index contributed by atoms with van der Waals surface area (Å²) >= 11 is 0. The number of hydrogen-bond acceptors (Lipinski definition) is 4. The van der Waals surface area contributed by atoms with Crippen LogP contribution in [0.25, 0.3) is 0 Å². The summed E-state index contributed by atoms with van der Waals surface area (Å²) in [6.07, 6.45) is 0. The molecule has 2 aromatic rings. The van der Waals surface area contributed by atoms with Gasteiger partial charge in [0.2, 0.25) is 0 Å². The smallest absolute Gasteiger partial charge is 0.259 e. The van der Waals surface area contributed by atoms with E-state index in [1.807, 2.05) is 31.2 Å². The lowest BCUT2D eigenvalue weighted by atomic mass is 10.1. The van der Waals surface area contributed by atoms with Crippen LogP contribution in [0.2, 0.25) is 0 Å². The molecule has 2 aromatic carbocycles. The van der Waals surface area contributed by atoms with E-state index in [9.17, 15) is 4.79 Å². The van der Waals surface area contributed by atoms with Crippen molar-refractivity contribution in [3.63, 3.8) is 0 Å². The van der Waals surface area contributed by atoms with Gasteiger partial charge in [-0.25, -0.2) is 0 Å². The van der Waals surface area contributed by atoms with Crippen LogP contribution in [0.1, 0.15) is 28.9 Å². The highest BCUT2D eigenvalue weighted by Gasteiger charge is 2.20. The van der Waals surface area contributed by atoms with Crippen LogP contribution in [-0.4, -0.2) is 27.2 Å². The Labute approximate surface area is 136 Å². The highest BCUT2D eigenvalue weighted by atomic mass is 16.5. The molecule has 0 aliphatic rings. The third kappa shape index (κ3) is 3.74. The maximum Gasteiger partial charge on any atom is 0.259 e. The monoisotopic (exact) mass is 315 g/mol. The van der Waals surface area contributed by atoms with E-state index in [-0.39, 0.29) is 11.9 Å². The van der Waals surface area contributed by atoms with E-state index in [4.69, 9.17) is 14.2 Å². The van der Waals surface area contributed by atoms with Gasteiger partial charge in [0.1, 0.15) is 22.8 Å². The fourth-order valence-corrected chi connectivity index (χ4v) is 2.32. The second-order valence-corrected chi connectivity index (χ2v) is 5.01. The van der Waals surface area contributed by atoms with E-state index < -0.39 is 0 Å². The van der Waals surface area contributed by atoms with Crippen LogP contribution in [0.5, 0.6) is 17.2 Å². The van der Waals surface area contributed by atoms with Crippen LogP contribution in [-0.2, 0) is 0 Å². The van der Waals surface area contributed by atoms with Crippen molar-refractivity contribution in [2.24, 2.45) is 0 Å². The third-order valence-electron chi connectivity index (χ3n) is 3.62. The molecule has 0 saturated heterocycles. The summed E-state index contributed by atoms with van der Waals surface area (Å²) < 4.78 is 15.7. The van der Waals surface area contributed by atoms with Gasteiger partial charge in [-0.15, -0.1) is 0 Å². The highest BCUT2D eigenvalue weighted by Crippen LogP contribution is 2.29. The molecule has 0 bridgehead atoms. The Bertz CT molecular complexity index is 645. The van der Waals surface area contributed by atoms with E-state index in [0.717, 1.165) is 11.3 Å². The predicted molar refractivity (Wildman–Crippen MR) is 88.4 cm³/mol. The number of ether oxygens (including phenoxy) is 3. The summed E-state index contributed by atoms with van der Waals surface area (Å²) in [6, 6.07) is 12.6.